The molecule has 86 valence electrons. The molecule has 1 saturated heterocycles. The largest absolute Gasteiger partial charge is 0.447 e. The maximum absolute atomic E-state index is 11.4. The summed E-state index contributed by atoms with van der Waals surface area (Å²) in [5.41, 5.74) is 7.42. The van der Waals surface area contributed by atoms with Crippen molar-refractivity contribution in [3.05, 3.63) is 35.4 Å². The first-order valence-corrected chi connectivity index (χ1v) is 5.28. The fraction of sp³-hybridized carbons (Fsp3) is 0.417. The summed E-state index contributed by atoms with van der Waals surface area (Å²) >= 11 is 0. The second kappa shape index (κ2) is 3.79. The van der Waals surface area contributed by atoms with Crippen LogP contribution < -0.4 is 5.73 Å². The van der Waals surface area contributed by atoms with Gasteiger partial charge in [0, 0.05) is 13.6 Å². The van der Waals surface area contributed by atoms with Gasteiger partial charge in [0.1, 0.15) is 12.1 Å². The number of nitrogens with two attached hydrogens (primary N) is 1. The molecule has 1 aromatic carbocycles. The predicted molar refractivity (Wildman–Crippen MR) is 60.8 cm³/mol. The van der Waals surface area contributed by atoms with Crippen molar-refractivity contribution >= 4 is 6.09 Å². The zero-order chi connectivity index (χ0) is 11.8. The minimum Gasteiger partial charge on any atom is -0.447 e. The third-order valence-corrected chi connectivity index (χ3v) is 3.31. The highest BCUT2D eigenvalue weighted by Gasteiger charge is 2.43. The third-order valence-electron chi connectivity index (χ3n) is 3.31. The van der Waals surface area contributed by atoms with E-state index < -0.39 is 5.54 Å². The number of carbonyl (C=O) groups is 1. The summed E-state index contributed by atoms with van der Waals surface area (Å²) in [6, 6.07) is 7.89. The van der Waals surface area contributed by atoms with E-state index >= 15 is 0 Å². The molecule has 0 aromatic heterocycles. The van der Waals surface area contributed by atoms with Crippen molar-refractivity contribution in [3.8, 4) is 0 Å². The van der Waals surface area contributed by atoms with Crippen LogP contribution in [0.25, 0.3) is 0 Å². The standard InChI is InChI=1S/C12H16N2O2/c1-12(8-16-11(15)14(12)2)10-6-4-3-5-9(10)7-13/h3-6H,7-8,13H2,1-2H3. The summed E-state index contributed by atoms with van der Waals surface area (Å²) in [6.45, 7) is 2.83. The number of cyclic esters (lactones) is 1. The number of nitrogens with zero attached hydrogens (tertiary/aromatic N) is 1. The average Bonchev–Trinajstić information content (AvgIpc) is 2.58. The molecule has 4 nitrogen and oxygen atoms in total. The summed E-state index contributed by atoms with van der Waals surface area (Å²) in [4.78, 5) is 13.1. The van der Waals surface area contributed by atoms with Gasteiger partial charge in [0.15, 0.2) is 0 Å². The molecule has 2 N–H and O–H groups in total. The van der Waals surface area contributed by atoms with Gasteiger partial charge in [-0.05, 0) is 18.1 Å². The van der Waals surface area contributed by atoms with Crippen LogP contribution in [0.5, 0.6) is 0 Å². The molecule has 4 heteroatoms. The molecule has 2 rings (SSSR count). The van der Waals surface area contributed by atoms with Gasteiger partial charge in [-0.2, -0.15) is 0 Å². The molecule has 0 saturated carbocycles. The lowest BCUT2D eigenvalue weighted by Gasteiger charge is -2.31. The van der Waals surface area contributed by atoms with Gasteiger partial charge in [-0.25, -0.2) is 4.79 Å². The van der Waals surface area contributed by atoms with E-state index in [4.69, 9.17) is 10.5 Å². The van der Waals surface area contributed by atoms with E-state index in [0.717, 1.165) is 11.1 Å². The topological polar surface area (TPSA) is 55.6 Å². The van der Waals surface area contributed by atoms with Gasteiger partial charge in [0.25, 0.3) is 0 Å². The van der Waals surface area contributed by atoms with E-state index in [0.29, 0.717) is 13.2 Å². The van der Waals surface area contributed by atoms with Gasteiger partial charge in [-0.3, -0.25) is 4.90 Å². The molecule has 1 heterocycles. The van der Waals surface area contributed by atoms with E-state index in [-0.39, 0.29) is 6.09 Å². The van der Waals surface area contributed by atoms with Crippen molar-refractivity contribution in [1.82, 2.24) is 4.90 Å². The fourth-order valence-corrected chi connectivity index (χ4v) is 2.08. The minimum atomic E-state index is -0.410. The molecule has 0 bridgehead atoms. The Labute approximate surface area is 95.0 Å². The Hall–Kier alpha value is -1.55. The summed E-state index contributed by atoms with van der Waals surface area (Å²) in [7, 11) is 1.75. The van der Waals surface area contributed by atoms with Crippen LogP contribution in [0.15, 0.2) is 24.3 Å². The van der Waals surface area contributed by atoms with E-state index in [2.05, 4.69) is 0 Å². The van der Waals surface area contributed by atoms with E-state index in [9.17, 15) is 4.79 Å². The second-order valence-electron chi connectivity index (χ2n) is 4.25. The van der Waals surface area contributed by atoms with Gasteiger partial charge in [0.05, 0.1) is 0 Å². The molecule has 1 amide bonds. The van der Waals surface area contributed by atoms with Crippen LogP contribution in [0.4, 0.5) is 4.79 Å². The van der Waals surface area contributed by atoms with Crippen molar-refractivity contribution in [2.45, 2.75) is 19.0 Å². The first-order valence-electron chi connectivity index (χ1n) is 5.28. The molecule has 1 atom stereocenters. The van der Waals surface area contributed by atoms with Crippen molar-refractivity contribution in [2.24, 2.45) is 5.73 Å². The van der Waals surface area contributed by atoms with E-state index in [1.54, 1.807) is 11.9 Å². The van der Waals surface area contributed by atoms with Crippen LogP contribution in [-0.4, -0.2) is 24.6 Å². The van der Waals surface area contributed by atoms with Gasteiger partial charge >= 0.3 is 6.09 Å². The molecule has 0 spiro atoms. The lowest BCUT2D eigenvalue weighted by atomic mass is 9.88. The highest BCUT2D eigenvalue weighted by Crippen LogP contribution is 2.34. The van der Waals surface area contributed by atoms with Crippen molar-refractivity contribution < 1.29 is 9.53 Å². The Kier molecular flexibility index (Phi) is 2.59. The lowest BCUT2D eigenvalue weighted by Crippen LogP contribution is -2.40. The van der Waals surface area contributed by atoms with Crippen molar-refractivity contribution in [2.75, 3.05) is 13.7 Å². The van der Waals surface area contributed by atoms with Crippen molar-refractivity contribution in [3.63, 3.8) is 0 Å². The van der Waals surface area contributed by atoms with E-state index in [1.807, 2.05) is 31.2 Å². The normalized spacial score (nSPS) is 24.7. The van der Waals surface area contributed by atoms with Crippen LogP contribution in [0.1, 0.15) is 18.1 Å². The maximum atomic E-state index is 11.4. The minimum absolute atomic E-state index is 0.283. The monoisotopic (exact) mass is 220 g/mol. The number of ether oxygens (including phenoxy) is 1. The Balaban J connectivity index is 2.47. The zero-order valence-corrected chi connectivity index (χ0v) is 9.56. The molecule has 0 aliphatic carbocycles. The first-order chi connectivity index (χ1) is 7.59. The molecule has 0 radical (unpaired) electrons. The number of benzene rings is 1. The van der Waals surface area contributed by atoms with E-state index in [1.165, 1.54) is 0 Å². The van der Waals surface area contributed by atoms with Gasteiger partial charge in [-0.1, -0.05) is 24.3 Å². The molecule has 1 aliphatic rings. The van der Waals surface area contributed by atoms with Crippen LogP contribution in [0.3, 0.4) is 0 Å². The SMILES string of the molecule is CN1C(=O)OCC1(C)c1ccccc1CN. The Bertz CT molecular complexity index is 419. The lowest BCUT2D eigenvalue weighted by molar-refractivity contribution is 0.162. The molecule has 1 fully saturated rings. The molecule has 16 heavy (non-hydrogen) atoms. The summed E-state index contributed by atoms with van der Waals surface area (Å²) in [6.07, 6.45) is -0.283. The quantitative estimate of drug-likeness (QED) is 0.820. The summed E-state index contributed by atoms with van der Waals surface area (Å²) in [5, 5.41) is 0. The summed E-state index contributed by atoms with van der Waals surface area (Å²) in [5.74, 6) is 0. The number of amides is 1. The van der Waals surface area contributed by atoms with Gasteiger partial charge in [-0.15, -0.1) is 0 Å². The number of hydrogen-bond donors (Lipinski definition) is 1. The Morgan fingerprint density at radius 1 is 1.50 bits per heavy atom. The molecule has 1 aliphatic heterocycles. The zero-order valence-electron chi connectivity index (χ0n) is 9.56. The Morgan fingerprint density at radius 2 is 2.19 bits per heavy atom. The van der Waals surface area contributed by atoms with Crippen LogP contribution in [-0.2, 0) is 16.8 Å². The van der Waals surface area contributed by atoms with Crippen LogP contribution in [0.2, 0.25) is 0 Å². The smallest absolute Gasteiger partial charge is 0.410 e. The first kappa shape index (κ1) is 11.0. The Morgan fingerprint density at radius 3 is 2.75 bits per heavy atom. The number of carbonyl (C=O) groups excluding carboxylic acids is 1. The highest BCUT2D eigenvalue weighted by molar-refractivity contribution is 5.71. The van der Waals surface area contributed by atoms with Gasteiger partial charge in [0.2, 0.25) is 0 Å². The van der Waals surface area contributed by atoms with Crippen molar-refractivity contribution in [1.29, 1.82) is 0 Å². The number of rotatable bonds is 2. The highest BCUT2D eigenvalue weighted by atomic mass is 16.6. The predicted octanol–water partition coefficient (Wildman–Crippen LogP) is 1.44. The average molecular weight is 220 g/mol. The fourth-order valence-electron chi connectivity index (χ4n) is 2.08. The number of hydrogen-bond acceptors (Lipinski definition) is 3. The summed E-state index contributed by atoms with van der Waals surface area (Å²) < 4.78 is 5.08. The molecular weight excluding hydrogens is 204 g/mol. The molecule has 1 aromatic rings. The maximum Gasteiger partial charge on any atom is 0.410 e. The van der Waals surface area contributed by atoms with Crippen LogP contribution in [0, 0.1) is 0 Å². The van der Waals surface area contributed by atoms with Crippen LogP contribution >= 0.6 is 0 Å². The second-order valence-corrected chi connectivity index (χ2v) is 4.25. The molecule has 1 unspecified atom stereocenters. The van der Waals surface area contributed by atoms with Gasteiger partial charge < -0.3 is 10.5 Å². The molecular formula is C12H16N2O2. The number of likely N-dealkylation sites (N-methyl/N-ethyl adjacent to an activating group) is 1. The third kappa shape index (κ3) is 1.46.